The van der Waals surface area contributed by atoms with Crippen molar-refractivity contribution in [3.8, 4) is 0 Å². The maximum atomic E-state index is 12.0. The maximum absolute atomic E-state index is 12.0. The summed E-state index contributed by atoms with van der Waals surface area (Å²) >= 11 is 0. The first-order valence-electron chi connectivity index (χ1n) is 8.97. The number of carbonyl (C=O) groups excluding carboxylic acids is 1. The molecule has 1 aliphatic rings. The largest absolute Gasteiger partial charge is 0.469 e. The lowest BCUT2D eigenvalue weighted by atomic mass is 10.0. The fraction of sp³-hybridized carbons (Fsp3) is 0.500. The van der Waals surface area contributed by atoms with Gasteiger partial charge in [0.25, 0.3) is 0 Å². The number of carbonyl (C=O) groups is 1. The molecule has 0 bridgehead atoms. The van der Waals surface area contributed by atoms with Crippen molar-refractivity contribution in [2.24, 2.45) is 11.7 Å². The number of aryl methyl sites for hydroxylation is 2. The van der Waals surface area contributed by atoms with E-state index in [1.807, 2.05) is 19.9 Å². The number of esters is 1. The minimum absolute atomic E-state index is 0.0000209. The van der Waals surface area contributed by atoms with Crippen LogP contribution in [-0.2, 0) is 16.1 Å². The number of benzene rings is 1. The second-order valence-corrected chi connectivity index (χ2v) is 7.27. The van der Waals surface area contributed by atoms with Gasteiger partial charge in [-0.25, -0.2) is 4.79 Å². The molecule has 0 unspecified atom stereocenters. The lowest BCUT2D eigenvalue weighted by molar-refractivity contribution is -0.146. The van der Waals surface area contributed by atoms with Crippen molar-refractivity contribution < 1.29 is 13.9 Å². The molecule has 1 fully saturated rings. The van der Waals surface area contributed by atoms with Gasteiger partial charge >= 0.3 is 11.6 Å². The molecule has 2 aromatic rings. The number of fused-ring (bicyclic) bond motifs is 1. The molecule has 1 aromatic heterocycles. The van der Waals surface area contributed by atoms with E-state index in [2.05, 4.69) is 11.0 Å². The highest BCUT2D eigenvalue weighted by Crippen LogP contribution is 2.24. The summed E-state index contributed by atoms with van der Waals surface area (Å²) in [5.41, 5.74) is 9.56. The van der Waals surface area contributed by atoms with Gasteiger partial charge in [-0.3, -0.25) is 9.69 Å². The van der Waals surface area contributed by atoms with Crippen LogP contribution in [0.4, 0.5) is 0 Å². The van der Waals surface area contributed by atoms with Gasteiger partial charge in [-0.2, -0.15) is 0 Å². The molecule has 2 atom stereocenters. The number of likely N-dealkylation sites (tertiary alicyclic amines) is 1. The molecular formula is C20H26N2O4. The Kier molecular flexibility index (Phi) is 5.44. The van der Waals surface area contributed by atoms with E-state index < -0.39 is 0 Å². The number of methoxy groups -OCH3 is 1. The molecule has 1 saturated heterocycles. The van der Waals surface area contributed by atoms with E-state index in [-0.39, 0.29) is 23.6 Å². The molecular weight excluding hydrogens is 332 g/mol. The van der Waals surface area contributed by atoms with Crippen molar-refractivity contribution >= 4 is 16.9 Å². The van der Waals surface area contributed by atoms with Gasteiger partial charge in [0.05, 0.1) is 13.0 Å². The summed E-state index contributed by atoms with van der Waals surface area (Å²) in [5, 5.41) is 0.931. The number of rotatable bonds is 3. The third-order valence-electron chi connectivity index (χ3n) is 5.23. The number of hydrogen-bond acceptors (Lipinski definition) is 6. The van der Waals surface area contributed by atoms with Crippen LogP contribution in [0.25, 0.3) is 11.0 Å². The van der Waals surface area contributed by atoms with Crippen molar-refractivity contribution in [1.82, 2.24) is 4.90 Å². The van der Waals surface area contributed by atoms with E-state index in [0.29, 0.717) is 25.2 Å². The van der Waals surface area contributed by atoms with E-state index in [0.717, 1.165) is 34.9 Å². The second kappa shape index (κ2) is 7.60. The zero-order chi connectivity index (χ0) is 18.8. The zero-order valence-electron chi connectivity index (χ0n) is 15.6. The lowest BCUT2D eigenvalue weighted by Gasteiger charge is -2.24. The summed E-state index contributed by atoms with van der Waals surface area (Å²) < 4.78 is 10.3. The Morgan fingerprint density at radius 1 is 1.23 bits per heavy atom. The first kappa shape index (κ1) is 18.6. The number of nitrogens with zero attached hydrogens (tertiary/aromatic N) is 1. The molecule has 6 nitrogen and oxygen atoms in total. The topological polar surface area (TPSA) is 85.8 Å². The monoisotopic (exact) mass is 358 g/mol. The van der Waals surface area contributed by atoms with Crippen LogP contribution in [0.15, 0.2) is 27.4 Å². The zero-order valence-corrected chi connectivity index (χ0v) is 15.6. The normalized spacial score (nSPS) is 21.5. The molecule has 2 N–H and O–H groups in total. The summed E-state index contributed by atoms with van der Waals surface area (Å²) in [4.78, 5) is 26.2. The molecule has 0 radical (unpaired) electrons. The van der Waals surface area contributed by atoms with E-state index >= 15 is 0 Å². The Morgan fingerprint density at radius 2 is 1.96 bits per heavy atom. The second-order valence-electron chi connectivity index (χ2n) is 7.27. The van der Waals surface area contributed by atoms with Crippen LogP contribution in [-0.4, -0.2) is 37.1 Å². The van der Waals surface area contributed by atoms with Gasteiger partial charge in [-0.15, -0.1) is 0 Å². The van der Waals surface area contributed by atoms with Crippen molar-refractivity contribution in [2.45, 2.75) is 39.3 Å². The molecule has 0 aliphatic carbocycles. The molecule has 0 saturated carbocycles. The van der Waals surface area contributed by atoms with Gasteiger partial charge in [-0.1, -0.05) is 0 Å². The first-order valence-corrected chi connectivity index (χ1v) is 8.97. The average Bonchev–Trinajstić information content (AvgIpc) is 2.77. The van der Waals surface area contributed by atoms with E-state index in [1.165, 1.54) is 7.11 Å². The van der Waals surface area contributed by atoms with Crippen LogP contribution in [0.5, 0.6) is 0 Å². The standard InChI is InChI=1S/C20H26N2O4/c1-12-6-17-15(8-19(23)26-18(17)7-13(12)2)10-22-9-14(20(24)25-3)4-5-16(21)11-22/h6-8,14,16H,4-5,9-11,21H2,1-3H3/t14-,16+/m0/s1. The van der Waals surface area contributed by atoms with Gasteiger partial charge in [0.1, 0.15) is 5.58 Å². The van der Waals surface area contributed by atoms with Crippen molar-refractivity contribution in [3.05, 3.63) is 45.3 Å². The quantitative estimate of drug-likeness (QED) is 0.668. The predicted octanol–water partition coefficient (Wildman–Crippen LogP) is 2.12. The minimum atomic E-state index is -0.362. The SMILES string of the molecule is COC(=O)[C@H]1CC[C@@H](N)CN(Cc2cc(=O)oc3cc(C)c(C)cc23)C1. The molecule has 140 valence electrons. The third kappa shape index (κ3) is 3.97. The van der Waals surface area contributed by atoms with Crippen LogP contribution in [0.1, 0.15) is 29.5 Å². The summed E-state index contributed by atoms with van der Waals surface area (Å²) in [6.45, 7) is 5.84. The smallest absolute Gasteiger partial charge is 0.336 e. The van der Waals surface area contributed by atoms with Crippen molar-refractivity contribution in [1.29, 1.82) is 0 Å². The van der Waals surface area contributed by atoms with Crippen LogP contribution in [0.2, 0.25) is 0 Å². The van der Waals surface area contributed by atoms with Gasteiger partial charge in [-0.05, 0) is 55.5 Å². The highest BCUT2D eigenvalue weighted by atomic mass is 16.5. The van der Waals surface area contributed by atoms with Crippen molar-refractivity contribution in [2.75, 3.05) is 20.2 Å². The highest BCUT2D eigenvalue weighted by molar-refractivity contribution is 5.81. The number of hydrogen-bond donors (Lipinski definition) is 1. The number of nitrogens with two attached hydrogens (primary N) is 1. The molecule has 6 heteroatoms. The predicted molar refractivity (Wildman–Crippen MR) is 100.0 cm³/mol. The van der Waals surface area contributed by atoms with Crippen LogP contribution in [0, 0.1) is 19.8 Å². The Morgan fingerprint density at radius 3 is 2.69 bits per heavy atom. The van der Waals surface area contributed by atoms with E-state index in [9.17, 15) is 9.59 Å². The summed E-state index contributed by atoms with van der Waals surface area (Å²) in [6, 6.07) is 5.50. The summed E-state index contributed by atoms with van der Waals surface area (Å²) in [5.74, 6) is -0.392. The summed E-state index contributed by atoms with van der Waals surface area (Å²) in [6.07, 6.45) is 1.51. The molecule has 2 heterocycles. The fourth-order valence-corrected chi connectivity index (χ4v) is 3.66. The highest BCUT2D eigenvalue weighted by Gasteiger charge is 2.28. The fourth-order valence-electron chi connectivity index (χ4n) is 3.66. The Bertz CT molecular complexity index is 874. The maximum Gasteiger partial charge on any atom is 0.336 e. The molecule has 1 aliphatic heterocycles. The van der Waals surface area contributed by atoms with Crippen LogP contribution in [0.3, 0.4) is 0 Å². The number of ether oxygens (including phenoxy) is 1. The molecule has 0 spiro atoms. The van der Waals surface area contributed by atoms with Gasteiger partial charge < -0.3 is 14.9 Å². The van der Waals surface area contributed by atoms with Gasteiger partial charge in [0.15, 0.2) is 0 Å². The van der Waals surface area contributed by atoms with Crippen LogP contribution >= 0.6 is 0 Å². The summed E-state index contributed by atoms with van der Waals surface area (Å²) in [7, 11) is 1.42. The molecule has 26 heavy (non-hydrogen) atoms. The van der Waals surface area contributed by atoms with Gasteiger partial charge in [0, 0.05) is 37.1 Å². The Hall–Kier alpha value is -2.18. The third-order valence-corrected chi connectivity index (χ3v) is 5.23. The lowest BCUT2D eigenvalue weighted by Crippen LogP contribution is -2.37. The van der Waals surface area contributed by atoms with Gasteiger partial charge in [0.2, 0.25) is 0 Å². The molecule has 0 amide bonds. The molecule has 3 rings (SSSR count). The molecule has 1 aromatic carbocycles. The van der Waals surface area contributed by atoms with E-state index in [4.69, 9.17) is 14.9 Å². The van der Waals surface area contributed by atoms with Crippen LogP contribution < -0.4 is 11.4 Å². The van der Waals surface area contributed by atoms with Crippen molar-refractivity contribution in [3.63, 3.8) is 0 Å². The average molecular weight is 358 g/mol. The Labute approximate surface area is 152 Å². The van der Waals surface area contributed by atoms with E-state index in [1.54, 1.807) is 6.07 Å². The minimum Gasteiger partial charge on any atom is -0.469 e. The Balaban J connectivity index is 1.94. The first-order chi connectivity index (χ1) is 12.4.